The molecule has 0 atom stereocenters. The minimum absolute atomic E-state index is 0.00203. The monoisotopic (exact) mass is 219 g/mol. The molecular weight excluding hydrogens is 210 g/mol. The lowest BCUT2D eigenvalue weighted by Crippen LogP contribution is -2.19. The fourth-order valence-electron chi connectivity index (χ4n) is 1.13. The summed E-state index contributed by atoms with van der Waals surface area (Å²) in [6.07, 6.45) is 1.34. The van der Waals surface area contributed by atoms with E-state index in [-0.39, 0.29) is 5.75 Å². The van der Waals surface area contributed by atoms with Gasteiger partial charge in [-0.25, -0.2) is 4.79 Å². The number of phenols is 1. The highest BCUT2D eigenvalue weighted by atomic mass is 16.5. The molecule has 0 spiro atoms. The van der Waals surface area contributed by atoms with Gasteiger partial charge in [0.05, 0.1) is 5.69 Å². The maximum Gasteiger partial charge on any atom is 0.325 e. The Kier molecular flexibility index (Phi) is 2.73. The van der Waals surface area contributed by atoms with Gasteiger partial charge in [0.2, 0.25) is 0 Å². The molecule has 6 heteroatoms. The number of amides is 2. The number of carbonyl (C=O) groups is 1. The second kappa shape index (κ2) is 4.35. The number of hydrogen-bond acceptors (Lipinski definition) is 4. The summed E-state index contributed by atoms with van der Waals surface area (Å²) >= 11 is 0. The van der Waals surface area contributed by atoms with Crippen LogP contribution >= 0.6 is 0 Å². The van der Waals surface area contributed by atoms with Gasteiger partial charge in [-0.15, -0.1) is 0 Å². The number of phenolic OH excluding ortho intramolecular Hbond substituents is 1. The van der Waals surface area contributed by atoms with Crippen LogP contribution in [0, 0.1) is 0 Å². The van der Waals surface area contributed by atoms with Crippen LogP contribution in [-0.2, 0) is 0 Å². The third-order valence-corrected chi connectivity index (χ3v) is 1.83. The van der Waals surface area contributed by atoms with Crippen LogP contribution in [0.3, 0.4) is 0 Å². The maximum absolute atomic E-state index is 11.4. The fourth-order valence-corrected chi connectivity index (χ4v) is 1.13. The zero-order valence-electron chi connectivity index (χ0n) is 8.18. The molecule has 0 fully saturated rings. The topological polar surface area (TPSA) is 87.4 Å². The van der Waals surface area contributed by atoms with Crippen molar-refractivity contribution in [3.63, 3.8) is 0 Å². The van der Waals surface area contributed by atoms with Gasteiger partial charge in [0, 0.05) is 6.07 Å². The molecule has 1 aromatic heterocycles. The van der Waals surface area contributed by atoms with Crippen molar-refractivity contribution in [2.45, 2.75) is 0 Å². The van der Waals surface area contributed by atoms with E-state index in [4.69, 9.17) is 0 Å². The zero-order valence-corrected chi connectivity index (χ0v) is 8.18. The molecule has 0 aliphatic heterocycles. The highest BCUT2D eigenvalue weighted by molar-refractivity contribution is 5.99. The molecule has 0 radical (unpaired) electrons. The minimum atomic E-state index is -0.504. The molecule has 2 rings (SSSR count). The van der Waals surface area contributed by atoms with Crippen molar-refractivity contribution in [1.29, 1.82) is 0 Å². The number of aromatic hydroxyl groups is 1. The molecule has 2 aromatic rings. The molecule has 2 amide bonds. The first-order chi connectivity index (χ1) is 7.75. The summed E-state index contributed by atoms with van der Waals surface area (Å²) < 4.78 is 4.55. The minimum Gasteiger partial charge on any atom is -0.506 e. The molecule has 0 saturated carbocycles. The third kappa shape index (κ3) is 2.30. The van der Waals surface area contributed by atoms with Crippen LogP contribution in [0.5, 0.6) is 5.75 Å². The summed E-state index contributed by atoms with van der Waals surface area (Å²) in [5, 5.41) is 17.8. The van der Waals surface area contributed by atoms with Crippen molar-refractivity contribution >= 4 is 17.5 Å². The maximum atomic E-state index is 11.4. The van der Waals surface area contributed by atoms with E-state index < -0.39 is 6.03 Å². The summed E-state index contributed by atoms with van der Waals surface area (Å²) in [7, 11) is 0. The molecule has 3 N–H and O–H groups in total. The van der Waals surface area contributed by atoms with Gasteiger partial charge in [0.15, 0.2) is 5.82 Å². The molecule has 82 valence electrons. The van der Waals surface area contributed by atoms with E-state index in [1.165, 1.54) is 18.4 Å². The van der Waals surface area contributed by atoms with Gasteiger partial charge in [-0.05, 0) is 12.1 Å². The Hall–Kier alpha value is -2.50. The first kappa shape index (κ1) is 10.0. The lowest BCUT2D eigenvalue weighted by Gasteiger charge is -2.06. The van der Waals surface area contributed by atoms with Gasteiger partial charge in [0.1, 0.15) is 12.0 Å². The van der Waals surface area contributed by atoms with Gasteiger partial charge in [-0.1, -0.05) is 17.3 Å². The van der Waals surface area contributed by atoms with E-state index in [0.29, 0.717) is 11.5 Å². The van der Waals surface area contributed by atoms with Crippen LogP contribution in [0.1, 0.15) is 0 Å². The van der Waals surface area contributed by atoms with E-state index in [9.17, 15) is 9.90 Å². The Morgan fingerprint density at radius 2 is 2.06 bits per heavy atom. The number of anilines is 2. The highest BCUT2D eigenvalue weighted by Gasteiger charge is 2.06. The van der Waals surface area contributed by atoms with Crippen LogP contribution in [0.2, 0.25) is 0 Å². The number of nitrogens with one attached hydrogen (secondary N) is 2. The summed E-state index contributed by atoms with van der Waals surface area (Å²) in [5.74, 6) is 0.297. The number of benzene rings is 1. The van der Waals surface area contributed by atoms with Crippen LogP contribution in [-0.4, -0.2) is 16.3 Å². The largest absolute Gasteiger partial charge is 0.506 e. The number of nitrogens with zero attached hydrogens (tertiary/aromatic N) is 1. The number of hydrogen-bond donors (Lipinski definition) is 3. The molecule has 0 aliphatic carbocycles. The summed E-state index contributed by atoms with van der Waals surface area (Å²) in [4.78, 5) is 11.4. The van der Waals surface area contributed by atoms with Gasteiger partial charge in [-0.2, -0.15) is 0 Å². The Morgan fingerprint density at radius 1 is 1.25 bits per heavy atom. The summed E-state index contributed by atoms with van der Waals surface area (Å²) in [6, 6.07) is 7.42. The van der Waals surface area contributed by atoms with Gasteiger partial charge in [-0.3, -0.25) is 5.32 Å². The molecule has 6 nitrogen and oxygen atoms in total. The van der Waals surface area contributed by atoms with Gasteiger partial charge >= 0.3 is 6.03 Å². The second-order valence-corrected chi connectivity index (χ2v) is 2.98. The smallest absolute Gasteiger partial charge is 0.325 e. The molecular formula is C10H9N3O3. The fraction of sp³-hybridized carbons (Fsp3) is 0. The Morgan fingerprint density at radius 3 is 2.75 bits per heavy atom. The summed E-state index contributed by atoms with van der Waals surface area (Å²) in [6.45, 7) is 0. The average molecular weight is 219 g/mol. The molecule has 1 aromatic carbocycles. The van der Waals surface area contributed by atoms with E-state index >= 15 is 0 Å². The second-order valence-electron chi connectivity index (χ2n) is 2.98. The third-order valence-electron chi connectivity index (χ3n) is 1.83. The predicted molar refractivity (Wildman–Crippen MR) is 57.3 cm³/mol. The van der Waals surface area contributed by atoms with Crippen molar-refractivity contribution in [3.8, 4) is 5.75 Å². The Labute approximate surface area is 90.9 Å². The van der Waals surface area contributed by atoms with Crippen LogP contribution < -0.4 is 10.6 Å². The van der Waals surface area contributed by atoms with Crippen molar-refractivity contribution in [2.75, 3.05) is 10.6 Å². The Balaban J connectivity index is 2.00. The van der Waals surface area contributed by atoms with E-state index in [0.717, 1.165) is 0 Å². The molecule has 16 heavy (non-hydrogen) atoms. The molecule has 0 unspecified atom stereocenters. The number of para-hydroxylation sites is 2. The number of rotatable bonds is 2. The van der Waals surface area contributed by atoms with Gasteiger partial charge in [0.25, 0.3) is 0 Å². The lowest BCUT2D eigenvalue weighted by atomic mass is 10.3. The SMILES string of the molecule is O=C(Nc1ccon1)Nc1ccccc1O. The number of urea groups is 1. The van der Waals surface area contributed by atoms with Gasteiger partial charge < -0.3 is 14.9 Å². The molecule has 0 saturated heterocycles. The summed E-state index contributed by atoms with van der Waals surface area (Å²) in [5.41, 5.74) is 0.323. The molecule has 0 aliphatic rings. The van der Waals surface area contributed by atoms with E-state index in [2.05, 4.69) is 20.3 Å². The average Bonchev–Trinajstić information content (AvgIpc) is 2.74. The first-order valence-corrected chi connectivity index (χ1v) is 4.52. The molecule has 0 bridgehead atoms. The van der Waals surface area contributed by atoms with Crippen molar-refractivity contribution in [1.82, 2.24) is 5.16 Å². The normalized spacial score (nSPS) is 9.75. The van der Waals surface area contributed by atoms with Crippen LogP contribution in [0.25, 0.3) is 0 Å². The highest BCUT2D eigenvalue weighted by Crippen LogP contribution is 2.21. The number of carbonyl (C=O) groups excluding carboxylic acids is 1. The van der Waals surface area contributed by atoms with Crippen LogP contribution in [0.15, 0.2) is 41.1 Å². The van der Waals surface area contributed by atoms with E-state index in [1.807, 2.05) is 0 Å². The number of aromatic nitrogens is 1. The first-order valence-electron chi connectivity index (χ1n) is 4.52. The van der Waals surface area contributed by atoms with E-state index in [1.54, 1.807) is 18.2 Å². The predicted octanol–water partition coefficient (Wildman–Crippen LogP) is 2.02. The van der Waals surface area contributed by atoms with Crippen molar-refractivity contribution < 1.29 is 14.4 Å². The van der Waals surface area contributed by atoms with Crippen molar-refractivity contribution in [3.05, 3.63) is 36.6 Å². The standard InChI is InChI=1S/C10H9N3O3/c14-8-4-2-1-3-7(8)11-10(15)12-9-5-6-16-13-9/h1-6,14H,(H2,11,12,13,15). The lowest BCUT2D eigenvalue weighted by molar-refractivity contribution is 0.261. The quantitative estimate of drug-likeness (QED) is 0.674. The van der Waals surface area contributed by atoms with Crippen LogP contribution in [0.4, 0.5) is 16.3 Å². The zero-order chi connectivity index (χ0) is 11.4. The molecule has 1 heterocycles. The van der Waals surface area contributed by atoms with Crippen molar-refractivity contribution in [2.24, 2.45) is 0 Å². The Bertz CT molecular complexity index is 482.